The lowest BCUT2D eigenvalue weighted by atomic mass is 10.0. The van der Waals surface area contributed by atoms with E-state index in [-0.39, 0.29) is 12.1 Å². The summed E-state index contributed by atoms with van der Waals surface area (Å²) in [4.78, 5) is 4.24. The predicted molar refractivity (Wildman–Crippen MR) is 75.2 cm³/mol. The summed E-state index contributed by atoms with van der Waals surface area (Å²) in [5.41, 5.74) is 2.26. The number of hydrogen-bond acceptors (Lipinski definition) is 5. The van der Waals surface area contributed by atoms with Crippen LogP contribution in [-0.4, -0.2) is 42.6 Å². The molecule has 5 nitrogen and oxygen atoms in total. The molecule has 0 bridgehead atoms. The smallest absolute Gasteiger partial charge is 0.219 e. The van der Waals surface area contributed by atoms with E-state index in [4.69, 9.17) is 21.1 Å². The zero-order chi connectivity index (χ0) is 14.1. The van der Waals surface area contributed by atoms with Crippen molar-refractivity contribution >= 4 is 11.6 Å². The standard InChI is InChI=1S/C14H19ClN2O3/c1-19-14-13-8(6-12(15)17-14)2-3-10(13)16-9-4-5-20-7-11(9)18/h6,9-11,16,18H,2-5,7H2,1H3/t9-,10+,11-/m1/s1. The summed E-state index contributed by atoms with van der Waals surface area (Å²) in [5, 5.41) is 14.0. The lowest BCUT2D eigenvalue weighted by Crippen LogP contribution is -2.47. The largest absolute Gasteiger partial charge is 0.481 e. The van der Waals surface area contributed by atoms with Gasteiger partial charge < -0.3 is 19.9 Å². The first kappa shape index (κ1) is 14.1. The highest BCUT2D eigenvalue weighted by atomic mass is 35.5. The maximum Gasteiger partial charge on any atom is 0.219 e. The number of nitrogens with one attached hydrogen (secondary N) is 1. The van der Waals surface area contributed by atoms with E-state index in [0.717, 1.165) is 24.8 Å². The van der Waals surface area contributed by atoms with Gasteiger partial charge in [0.05, 0.1) is 19.8 Å². The quantitative estimate of drug-likeness (QED) is 0.828. The third kappa shape index (κ3) is 2.63. The Morgan fingerprint density at radius 2 is 2.35 bits per heavy atom. The summed E-state index contributed by atoms with van der Waals surface area (Å²) in [6.07, 6.45) is 2.28. The molecule has 1 fully saturated rings. The van der Waals surface area contributed by atoms with Gasteiger partial charge in [-0.05, 0) is 30.9 Å². The molecule has 1 aromatic rings. The van der Waals surface area contributed by atoms with Gasteiger partial charge in [0.2, 0.25) is 5.88 Å². The van der Waals surface area contributed by atoms with E-state index >= 15 is 0 Å². The molecule has 0 saturated carbocycles. The Hall–Kier alpha value is -0.880. The Bertz CT molecular complexity index is 498. The highest BCUT2D eigenvalue weighted by Gasteiger charge is 2.32. The summed E-state index contributed by atoms with van der Waals surface area (Å²) >= 11 is 6.00. The van der Waals surface area contributed by atoms with Crippen LogP contribution in [0.2, 0.25) is 5.15 Å². The monoisotopic (exact) mass is 298 g/mol. The van der Waals surface area contributed by atoms with Crippen LogP contribution in [0.1, 0.15) is 30.0 Å². The molecule has 3 atom stereocenters. The van der Waals surface area contributed by atoms with Crippen molar-refractivity contribution in [2.24, 2.45) is 0 Å². The average Bonchev–Trinajstić information content (AvgIpc) is 2.83. The molecule has 1 aliphatic heterocycles. The molecule has 2 N–H and O–H groups in total. The minimum Gasteiger partial charge on any atom is -0.481 e. The normalized spacial score (nSPS) is 29.2. The van der Waals surface area contributed by atoms with Gasteiger partial charge >= 0.3 is 0 Å². The van der Waals surface area contributed by atoms with Crippen LogP contribution in [0.15, 0.2) is 6.07 Å². The fourth-order valence-electron chi connectivity index (χ4n) is 3.07. The maximum atomic E-state index is 9.99. The molecule has 2 heterocycles. The molecular weight excluding hydrogens is 280 g/mol. The third-order valence-electron chi connectivity index (χ3n) is 4.06. The fourth-order valence-corrected chi connectivity index (χ4v) is 3.28. The topological polar surface area (TPSA) is 63.6 Å². The van der Waals surface area contributed by atoms with Gasteiger partial charge in [0, 0.05) is 24.3 Å². The Labute approximate surface area is 123 Å². The number of methoxy groups -OCH3 is 1. The van der Waals surface area contributed by atoms with Crippen LogP contribution in [-0.2, 0) is 11.2 Å². The van der Waals surface area contributed by atoms with Crippen LogP contribution in [0.4, 0.5) is 0 Å². The molecule has 0 amide bonds. The molecule has 6 heteroatoms. The number of nitrogens with zero attached hydrogens (tertiary/aromatic N) is 1. The van der Waals surface area contributed by atoms with E-state index in [0.29, 0.717) is 24.2 Å². The number of halogens is 1. The van der Waals surface area contributed by atoms with Crippen molar-refractivity contribution in [2.75, 3.05) is 20.3 Å². The second-order valence-corrected chi connectivity index (χ2v) is 5.71. The van der Waals surface area contributed by atoms with Crippen molar-refractivity contribution in [3.8, 4) is 5.88 Å². The van der Waals surface area contributed by atoms with Crippen LogP contribution < -0.4 is 10.1 Å². The first-order valence-corrected chi connectivity index (χ1v) is 7.32. The molecule has 1 saturated heterocycles. The van der Waals surface area contributed by atoms with E-state index in [2.05, 4.69) is 10.3 Å². The summed E-state index contributed by atoms with van der Waals surface area (Å²) in [6.45, 7) is 1.08. The van der Waals surface area contributed by atoms with E-state index < -0.39 is 6.10 Å². The minimum atomic E-state index is -0.459. The van der Waals surface area contributed by atoms with Gasteiger partial charge in [-0.15, -0.1) is 0 Å². The Kier molecular flexibility index (Phi) is 4.12. The summed E-state index contributed by atoms with van der Waals surface area (Å²) < 4.78 is 10.6. The van der Waals surface area contributed by atoms with Crippen LogP contribution >= 0.6 is 11.6 Å². The fraction of sp³-hybridized carbons (Fsp3) is 0.643. The van der Waals surface area contributed by atoms with Crippen molar-refractivity contribution in [2.45, 2.75) is 37.5 Å². The number of rotatable bonds is 3. The number of aliphatic hydroxyl groups excluding tert-OH is 1. The van der Waals surface area contributed by atoms with E-state index in [1.165, 1.54) is 5.56 Å². The summed E-state index contributed by atoms with van der Waals surface area (Å²) in [5.74, 6) is 0.587. The molecule has 0 radical (unpaired) electrons. The molecular formula is C14H19ClN2O3. The van der Waals surface area contributed by atoms with Gasteiger partial charge in [-0.2, -0.15) is 0 Å². The minimum absolute atomic E-state index is 0.0556. The lowest BCUT2D eigenvalue weighted by molar-refractivity contribution is -0.0304. The molecule has 20 heavy (non-hydrogen) atoms. The second-order valence-electron chi connectivity index (χ2n) is 5.32. The summed E-state index contributed by atoms with van der Waals surface area (Å²) in [7, 11) is 1.61. The highest BCUT2D eigenvalue weighted by molar-refractivity contribution is 6.29. The van der Waals surface area contributed by atoms with E-state index in [1.54, 1.807) is 7.11 Å². The van der Waals surface area contributed by atoms with Crippen molar-refractivity contribution in [3.05, 3.63) is 22.3 Å². The van der Waals surface area contributed by atoms with Crippen LogP contribution in [0, 0.1) is 0 Å². The molecule has 110 valence electrons. The third-order valence-corrected chi connectivity index (χ3v) is 4.26. The predicted octanol–water partition coefficient (Wildman–Crippen LogP) is 1.47. The first-order valence-electron chi connectivity index (χ1n) is 6.94. The number of aromatic nitrogens is 1. The number of aliphatic hydroxyl groups is 1. The SMILES string of the molecule is COc1nc(Cl)cc2c1[C@@H](N[C@@H]1CCOC[C@H]1O)CC2. The van der Waals surface area contributed by atoms with Gasteiger partial charge in [-0.3, -0.25) is 0 Å². The van der Waals surface area contributed by atoms with E-state index in [9.17, 15) is 5.11 Å². The van der Waals surface area contributed by atoms with Crippen LogP contribution in [0.3, 0.4) is 0 Å². The lowest BCUT2D eigenvalue weighted by Gasteiger charge is -2.31. The van der Waals surface area contributed by atoms with E-state index in [1.807, 2.05) is 6.07 Å². The maximum absolute atomic E-state index is 9.99. The molecule has 2 aliphatic rings. The average molecular weight is 299 g/mol. The number of fused-ring (bicyclic) bond motifs is 1. The zero-order valence-electron chi connectivity index (χ0n) is 11.4. The van der Waals surface area contributed by atoms with Gasteiger partial charge in [0.15, 0.2) is 0 Å². The van der Waals surface area contributed by atoms with Gasteiger partial charge in [-0.25, -0.2) is 4.98 Å². The highest BCUT2D eigenvalue weighted by Crippen LogP contribution is 2.38. The molecule has 0 unspecified atom stereocenters. The molecule has 0 aromatic carbocycles. The Morgan fingerprint density at radius 1 is 1.50 bits per heavy atom. The molecule has 0 spiro atoms. The molecule has 1 aliphatic carbocycles. The Morgan fingerprint density at radius 3 is 3.10 bits per heavy atom. The van der Waals surface area contributed by atoms with Crippen molar-refractivity contribution in [3.63, 3.8) is 0 Å². The van der Waals surface area contributed by atoms with Crippen molar-refractivity contribution < 1.29 is 14.6 Å². The summed E-state index contributed by atoms with van der Waals surface area (Å²) in [6, 6.07) is 2.11. The van der Waals surface area contributed by atoms with Crippen LogP contribution in [0.5, 0.6) is 5.88 Å². The second kappa shape index (κ2) is 5.85. The van der Waals surface area contributed by atoms with Crippen molar-refractivity contribution in [1.82, 2.24) is 10.3 Å². The number of aryl methyl sites for hydroxylation is 1. The Balaban J connectivity index is 1.81. The van der Waals surface area contributed by atoms with Crippen molar-refractivity contribution in [1.29, 1.82) is 0 Å². The molecule has 3 rings (SSSR count). The number of pyridine rings is 1. The van der Waals surface area contributed by atoms with Gasteiger partial charge in [-0.1, -0.05) is 11.6 Å². The van der Waals surface area contributed by atoms with Gasteiger partial charge in [0.25, 0.3) is 0 Å². The van der Waals surface area contributed by atoms with Crippen LogP contribution in [0.25, 0.3) is 0 Å². The number of ether oxygens (including phenoxy) is 2. The molecule has 1 aromatic heterocycles. The van der Waals surface area contributed by atoms with Gasteiger partial charge in [0.1, 0.15) is 5.15 Å². The number of hydrogen-bond donors (Lipinski definition) is 2. The first-order chi connectivity index (χ1) is 9.69. The zero-order valence-corrected chi connectivity index (χ0v) is 12.2.